The highest BCUT2D eigenvalue weighted by Crippen LogP contribution is 2.24. The van der Waals surface area contributed by atoms with Gasteiger partial charge in [0.25, 0.3) is 5.91 Å². The number of benzene rings is 2. The molecule has 24 heavy (non-hydrogen) atoms. The van der Waals surface area contributed by atoms with Crippen molar-refractivity contribution in [2.75, 3.05) is 16.3 Å². The van der Waals surface area contributed by atoms with E-state index < -0.39 is 10.0 Å². The van der Waals surface area contributed by atoms with Crippen LogP contribution in [-0.2, 0) is 10.0 Å². The fraction of sp³-hybridized carbons (Fsp3) is 0.235. The Balaban J connectivity index is 2.19. The maximum absolute atomic E-state index is 12.3. The standard InChI is InChI=1S/C17H19ClN2O3S/c1-11(2)12-4-7-14(8-5-12)19-17(21)13-6-9-15(18)16(10-13)20-24(3,22)23/h4-11,20H,1-3H3,(H,19,21). The van der Waals surface area contributed by atoms with E-state index in [1.54, 1.807) is 0 Å². The number of hydrogen-bond donors (Lipinski definition) is 2. The van der Waals surface area contributed by atoms with Crippen molar-refractivity contribution in [3.8, 4) is 0 Å². The van der Waals surface area contributed by atoms with Gasteiger partial charge in [-0.3, -0.25) is 9.52 Å². The summed E-state index contributed by atoms with van der Waals surface area (Å²) in [6, 6.07) is 12.0. The van der Waals surface area contributed by atoms with Gasteiger partial charge in [-0.1, -0.05) is 37.6 Å². The Morgan fingerprint density at radius 1 is 1.08 bits per heavy atom. The highest BCUT2D eigenvalue weighted by atomic mass is 35.5. The first-order valence-electron chi connectivity index (χ1n) is 7.34. The summed E-state index contributed by atoms with van der Waals surface area (Å²) in [5.74, 6) is 0.0659. The van der Waals surface area contributed by atoms with Gasteiger partial charge in [0.15, 0.2) is 0 Å². The van der Waals surface area contributed by atoms with E-state index in [4.69, 9.17) is 11.6 Å². The Kier molecular flexibility index (Phi) is 5.51. The van der Waals surface area contributed by atoms with Gasteiger partial charge in [0.1, 0.15) is 0 Å². The van der Waals surface area contributed by atoms with E-state index in [1.807, 2.05) is 24.3 Å². The van der Waals surface area contributed by atoms with Crippen LogP contribution in [0.2, 0.25) is 5.02 Å². The van der Waals surface area contributed by atoms with E-state index in [9.17, 15) is 13.2 Å². The van der Waals surface area contributed by atoms with Crippen LogP contribution in [0.4, 0.5) is 11.4 Å². The minimum atomic E-state index is -3.48. The minimum Gasteiger partial charge on any atom is -0.322 e. The predicted octanol–water partition coefficient (Wildman–Crippen LogP) is 4.09. The third kappa shape index (κ3) is 4.97. The van der Waals surface area contributed by atoms with Gasteiger partial charge in [0, 0.05) is 11.3 Å². The monoisotopic (exact) mass is 366 g/mol. The zero-order valence-electron chi connectivity index (χ0n) is 13.6. The summed E-state index contributed by atoms with van der Waals surface area (Å²) in [4.78, 5) is 12.3. The molecule has 0 radical (unpaired) electrons. The summed E-state index contributed by atoms with van der Waals surface area (Å²) >= 11 is 5.96. The van der Waals surface area contributed by atoms with Crippen LogP contribution < -0.4 is 10.0 Å². The van der Waals surface area contributed by atoms with Crippen LogP contribution in [0.15, 0.2) is 42.5 Å². The predicted molar refractivity (Wildman–Crippen MR) is 98.4 cm³/mol. The number of anilines is 2. The number of carbonyl (C=O) groups excluding carboxylic acids is 1. The van der Waals surface area contributed by atoms with Crippen LogP contribution in [0.25, 0.3) is 0 Å². The Morgan fingerprint density at radius 2 is 1.71 bits per heavy atom. The first kappa shape index (κ1) is 18.3. The number of nitrogens with one attached hydrogen (secondary N) is 2. The van der Waals surface area contributed by atoms with E-state index in [0.29, 0.717) is 17.2 Å². The molecule has 5 nitrogen and oxygen atoms in total. The van der Waals surface area contributed by atoms with E-state index in [2.05, 4.69) is 23.9 Å². The van der Waals surface area contributed by atoms with Gasteiger partial charge in [-0.15, -0.1) is 0 Å². The summed E-state index contributed by atoms with van der Waals surface area (Å²) < 4.78 is 25.0. The third-order valence-corrected chi connectivity index (χ3v) is 4.28. The molecule has 0 aliphatic rings. The maximum atomic E-state index is 12.3. The summed E-state index contributed by atoms with van der Waals surface area (Å²) in [6.07, 6.45) is 1.02. The lowest BCUT2D eigenvalue weighted by molar-refractivity contribution is 0.102. The van der Waals surface area contributed by atoms with Gasteiger partial charge in [0.2, 0.25) is 10.0 Å². The second-order valence-corrected chi connectivity index (χ2v) is 7.96. The minimum absolute atomic E-state index is 0.168. The van der Waals surface area contributed by atoms with Crippen molar-refractivity contribution in [3.63, 3.8) is 0 Å². The van der Waals surface area contributed by atoms with Crippen molar-refractivity contribution < 1.29 is 13.2 Å². The largest absolute Gasteiger partial charge is 0.322 e. The number of amides is 1. The van der Waals surface area contributed by atoms with E-state index >= 15 is 0 Å². The second kappa shape index (κ2) is 7.23. The number of hydrogen-bond acceptors (Lipinski definition) is 3. The molecule has 2 N–H and O–H groups in total. The quantitative estimate of drug-likeness (QED) is 0.836. The Bertz CT molecular complexity index is 847. The normalized spacial score (nSPS) is 11.4. The lowest BCUT2D eigenvalue weighted by Gasteiger charge is -2.11. The van der Waals surface area contributed by atoms with Crippen LogP contribution >= 0.6 is 11.6 Å². The number of halogens is 1. The lowest BCUT2D eigenvalue weighted by atomic mass is 10.0. The molecule has 2 aromatic rings. The summed E-state index contributed by atoms with van der Waals surface area (Å²) in [6.45, 7) is 4.19. The van der Waals surface area contributed by atoms with E-state index in [1.165, 1.54) is 23.8 Å². The SMILES string of the molecule is CC(C)c1ccc(NC(=O)c2ccc(Cl)c(NS(C)(=O)=O)c2)cc1. The Morgan fingerprint density at radius 3 is 2.25 bits per heavy atom. The van der Waals surface area contributed by atoms with Gasteiger partial charge in [-0.25, -0.2) is 8.42 Å². The van der Waals surface area contributed by atoms with E-state index in [-0.39, 0.29) is 16.6 Å². The molecule has 0 aliphatic carbocycles. The molecule has 0 saturated heterocycles. The van der Waals surface area contributed by atoms with Crippen LogP contribution in [-0.4, -0.2) is 20.6 Å². The highest BCUT2D eigenvalue weighted by molar-refractivity contribution is 7.92. The van der Waals surface area contributed by atoms with Gasteiger partial charge in [-0.2, -0.15) is 0 Å². The molecular weight excluding hydrogens is 348 g/mol. The van der Waals surface area contributed by atoms with Crippen molar-refractivity contribution in [2.45, 2.75) is 19.8 Å². The van der Waals surface area contributed by atoms with E-state index in [0.717, 1.165) is 6.26 Å². The first-order chi connectivity index (χ1) is 11.2. The first-order valence-corrected chi connectivity index (χ1v) is 9.61. The molecule has 128 valence electrons. The summed E-state index contributed by atoms with van der Waals surface area (Å²) in [7, 11) is -3.48. The molecule has 0 fully saturated rings. The molecule has 7 heteroatoms. The highest BCUT2D eigenvalue weighted by Gasteiger charge is 2.12. The number of sulfonamides is 1. The molecule has 2 rings (SSSR count). The van der Waals surface area contributed by atoms with Crippen LogP contribution in [0, 0.1) is 0 Å². The van der Waals surface area contributed by atoms with Crippen LogP contribution in [0.1, 0.15) is 35.7 Å². The van der Waals surface area contributed by atoms with Gasteiger partial charge < -0.3 is 5.32 Å². The average Bonchev–Trinajstić information content (AvgIpc) is 2.48. The van der Waals surface area contributed by atoms with Crippen molar-refractivity contribution in [1.29, 1.82) is 0 Å². The zero-order chi connectivity index (χ0) is 17.9. The molecule has 0 unspecified atom stereocenters. The zero-order valence-corrected chi connectivity index (χ0v) is 15.2. The smallest absolute Gasteiger partial charge is 0.255 e. The molecule has 1 amide bonds. The Labute approximate surface area is 147 Å². The third-order valence-electron chi connectivity index (χ3n) is 3.36. The molecule has 2 aromatic carbocycles. The van der Waals surface area contributed by atoms with Crippen molar-refractivity contribution in [1.82, 2.24) is 0 Å². The van der Waals surface area contributed by atoms with Gasteiger partial charge in [-0.05, 0) is 41.8 Å². The molecule has 0 saturated carbocycles. The molecule has 0 aliphatic heterocycles. The summed E-state index contributed by atoms with van der Waals surface area (Å²) in [5, 5.41) is 3.00. The molecule has 0 bridgehead atoms. The maximum Gasteiger partial charge on any atom is 0.255 e. The van der Waals surface area contributed by atoms with Gasteiger partial charge in [0.05, 0.1) is 17.0 Å². The average molecular weight is 367 g/mol. The van der Waals surface area contributed by atoms with Gasteiger partial charge >= 0.3 is 0 Å². The Hall–Kier alpha value is -2.05. The molecule has 0 atom stereocenters. The van der Waals surface area contributed by atoms with Crippen LogP contribution in [0.5, 0.6) is 0 Å². The van der Waals surface area contributed by atoms with Crippen molar-refractivity contribution in [3.05, 3.63) is 58.6 Å². The summed E-state index contributed by atoms with van der Waals surface area (Å²) in [5.41, 5.74) is 2.32. The van der Waals surface area contributed by atoms with Crippen LogP contribution in [0.3, 0.4) is 0 Å². The molecule has 0 aromatic heterocycles. The number of carbonyl (C=O) groups is 1. The molecule has 0 spiro atoms. The fourth-order valence-corrected chi connectivity index (χ4v) is 2.89. The second-order valence-electron chi connectivity index (χ2n) is 5.80. The topological polar surface area (TPSA) is 75.3 Å². The number of rotatable bonds is 5. The van der Waals surface area contributed by atoms with Crippen molar-refractivity contribution >= 4 is 38.9 Å². The van der Waals surface area contributed by atoms with Crippen molar-refractivity contribution in [2.24, 2.45) is 0 Å². The molecule has 0 heterocycles. The fourth-order valence-electron chi connectivity index (χ4n) is 2.10. The lowest BCUT2D eigenvalue weighted by Crippen LogP contribution is -2.14. The molecular formula is C17H19ClN2O3S.